The molecule has 0 unspecified atom stereocenters. The SMILES string of the molecule is CCc1ccc(Cl)c(CC)c1NC(=O)c1cc(S(=O)(=O)N2CCOCC2)ccc1F. The molecule has 0 bridgehead atoms. The molecule has 3 rings (SSSR count). The zero-order valence-corrected chi connectivity index (χ0v) is 18.4. The van der Waals surface area contributed by atoms with Crippen molar-refractivity contribution in [3.63, 3.8) is 0 Å². The number of aryl methyl sites for hydroxylation is 1. The maximum Gasteiger partial charge on any atom is 0.258 e. The van der Waals surface area contributed by atoms with Gasteiger partial charge in [-0.1, -0.05) is 31.5 Å². The third-order valence-corrected chi connectivity index (χ3v) is 7.35. The second-order valence-corrected chi connectivity index (χ2v) is 9.22. The number of anilines is 1. The molecule has 0 aromatic heterocycles. The molecule has 1 saturated heterocycles. The Labute approximate surface area is 181 Å². The highest BCUT2D eigenvalue weighted by Crippen LogP contribution is 2.30. The van der Waals surface area contributed by atoms with Crippen LogP contribution in [0.25, 0.3) is 0 Å². The van der Waals surface area contributed by atoms with Crippen molar-refractivity contribution in [2.75, 3.05) is 31.6 Å². The molecule has 1 heterocycles. The summed E-state index contributed by atoms with van der Waals surface area (Å²) in [5, 5.41) is 3.25. The van der Waals surface area contributed by atoms with Gasteiger partial charge in [0.1, 0.15) is 5.82 Å². The van der Waals surface area contributed by atoms with Gasteiger partial charge in [0, 0.05) is 23.8 Å². The zero-order chi connectivity index (χ0) is 21.9. The molecular formula is C21H24ClFN2O4S. The number of amides is 1. The number of sulfonamides is 1. The second-order valence-electron chi connectivity index (χ2n) is 6.88. The number of benzene rings is 2. The van der Waals surface area contributed by atoms with E-state index in [1.807, 2.05) is 19.9 Å². The van der Waals surface area contributed by atoms with E-state index in [0.29, 0.717) is 36.8 Å². The molecule has 0 saturated carbocycles. The molecule has 2 aromatic carbocycles. The molecule has 1 fully saturated rings. The smallest absolute Gasteiger partial charge is 0.258 e. The molecule has 0 atom stereocenters. The van der Waals surface area contributed by atoms with Crippen LogP contribution in [0.15, 0.2) is 35.2 Å². The minimum atomic E-state index is -3.85. The first-order valence-electron chi connectivity index (χ1n) is 9.78. The predicted molar refractivity (Wildman–Crippen MR) is 114 cm³/mol. The number of morpholine rings is 1. The number of carbonyl (C=O) groups excluding carboxylic acids is 1. The van der Waals surface area contributed by atoms with Gasteiger partial charge in [-0.3, -0.25) is 4.79 Å². The molecule has 1 amide bonds. The van der Waals surface area contributed by atoms with Gasteiger partial charge < -0.3 is 10.1 Å². The Balaban J connectivity index is 1.96. The van der Waals surface area contributed by atoms with Crippen molar-refractivity contribution in [3.8, 4) is 0 Å². The number of ether oxygens (including phenoxy) is 1. The Bertz CT molecular complexity index is 1050. The number of nitrogens with zero attached hydrogens (tertiary/aromatic N) is 1. The van der Waals surface area contributed by atoms with Gasteiger partial charge in [-0.25, -0.2) is 12.8 Å². The van der Waals surface area contributed by atoms with Crippen LogP contribution in [-0.4, -0.2) is 44.9 Å². The first-order valence-corrected chi connectivity index (χ1v) is 11.6. The predicted octanol–water partition coefficient (Wildman–Crippen LogP) is 3.88. The van der Waals surface area contributed by atoms with E-state index < -0.39 is 21.7 Å². The number of hydrogen-bond donors (Lipinski definition) is 1. The second kappa shape index (κ2) is 9.43. The van der Waals surface area contributed by atoms with Gasteiger partial charge in [0.15, 0.2) is 0 Å². The van der Waals surface area contributed by atoms with Crippen LogP contribution in [0, 0.1) is 5.82 Å². The van der Waals surface area contributed by atoms with Crippen LogP contribution < -0.4 is 5.32 Å². The molecule has 9 heteroatoms. The summed E-state index contributed by atoms with van der Waals surface area (Å²) in [6.45, 7) is 4.86. The summed E-state index contributed by atoms with van der Waals surface area (Å²) < 4.78 is 46.7. The minimum Gasteiger partial charge on any atom is -0.379 e. The van der Waals surface area contributed by atoms with Crippen molar-refractivity contribution in [1.29, 1.82) is 0 Å². The number of hydrogen-bond acceptors (Lipinski definition) is 4. The van der Waals surface area contributed by atoms with Crippen LogP contribution in [0.3, 0.4) is 0 Å². The Morgan fingerprint density at radius 2 is 1.87 bits per heavy atom. The van der Waals surface area contributed by atoms with Crippen LogP contribution >= 0.6 is 11.6 Å². The lowest BCUT2D eigenvalue weighted by molar-refractivity contribution is 0.0730. The van der Waals surface area contributed by atoms with Gasteiger partial charge in [0.05, 0.1) is 23.7 Å². The van der Waals surface area contributed by atoms with Crippen LogP contribution in [0.2, 0.25) is 5.02 Å². The van der Waals surface area contributed by atoms with Crippen molar-refractivity contribution in [1.82, 2.24) is 4.31 Å². The molecule has 30 heavy (non-hydrogen) atoms. The third kappa shape index (κ3) is 4.51. The summed E-state index contributed by atoms with van der Waals surface area (Å²) in [4.78, 5) is 12.8. The van der Waals surface area contributed by atoms with Gasteiger partial charge in [0.25, 0.3) is 5.91 Å². The maximum atomic E-state index is 14.5. The van der Waals surface area contributed by atoms with Crippen LogP contribution in [0.5, 0.6) is 0 Å². The standard InChI is InChI=1S/C21H24ClFN2O4S/c1-3-14-5-7-18(22)16(4-2)20(14)24-21(26)17-13-15(6-8-19(17)23)30(27,28)25-9-11-29-12-10-25/h5-8,13H,3-4,9-12H2,1-2H3,(H,24,26). The molecule has 1 aliphatic rings. The molecule has 1 aliphatic heterocycles. The fourth-order valence-electron chi connectivity index (χ4n) is 3.42. The molecule has 1 N–H and O–H groups in total. The van der Waals surface area contributed by atoms with E-state index in [1.54, 1.807) is 6.07 Å². The normalized spacial score (nSPS) is 15.2. The summed E-state index contributed by atoms with van der Waals surface area (Å²) in [5.74, 6) is -1.52. The van der Waals surface area contributed by atoms with E-state index in [-0.39, 0.29) is 23.5 Å². The molecule has 0 radical (unpaired) electrons. The lowest BCUT2D eigenvalue weighted by Gasteiger charge is -2.26. The van der Waals surface area contributed by atoms with Gasteiger partial charge in [-0.2, -0.15) is 4.31 Å². The van der Waals surface area contributed by atoms with Crippen molar-refractivity contribution in [2.24, 2.45) is 0 Å². The quantitative estimate of drug-likeness (QED) is 0.718. The first-order chi connectivity index (χ1) is 14.3. The summed E-state index contributed by atoms with van der Waals surface area (Å²) in [5.41, 5.74) is 1.82. The van der Waals surface area contributed by atoms with Crippen LogP contribution in [-0.2, 0) is 27.6 Å². The first kappa shape index (κ1) is 22.7. The number of carbonyl (C=O) groups is 1. The molecule has 0 spiro atoms. The van der Waals surface area contributed by atoms with Crippen LogP contribution in [0.4, 0.5) is 10.1 Å². The summed E-state index contributed by atoms with van der Waals surface area (Å²) in [7, 11) is -3.85. The van der Waals surface area contributed by atoms with E-state index in [9.17, 15) is 17.6 Å². The maximum absolute atomic E-state index is 14.5. The number of halogens is 2. The highest BCUT2D eigenvalue weighted by molar-refractivity contribution is 7.89. The van der Waals surface area contributed by atoms with Crippen LogP contribution in [0.1, 0.15) is 35.3 Å². The highest BCUT2D eigenvalue weighted by atomic mass is 35.5. The molecular weight excluding hydrogens is 431 g/mol. The highest BCUT2D eigenvalue weighted by Gasteiger charge is 2.28. The summed E-state index contributed by atoms with van der Waals surface area (Å²) in [6, 6.07) is 6.84. The summed E-state index contributed by atoms with van der Waals surface area (Å²) >= 11 is 6.27. The van der Waals surface area contributed by atoms with E-state index in [1.165, 1.54) is 10.4 Å². The van der Waals surface area contributed by atoms with Crippen molar-refractivity contribution in [2.45, 2.75) is 31.6 Å². The Hall–Kier alpha value is -2.00. The average Bonchev–Trinajstić information content (AvgIpc) is 2.75. The molecule has 2 aromatic rings. The lowest BCUT2D eigenvalue weighted by atomic mass is 10.0. The Morgan fingerprint density at radius 1 is 1.17 bits per heavy atom. The van der Waals surface area contributed by atoms with Gasteiger partial charge in [0.2, 0.25) is 10.0 Å². The summed E-state index contributed by atoms with van der Waals surface area (Å²) in [6.07, 6.45) is 1.23. The monoisotopic (exact) mass is 454 g/mol. The van der Waals surface area contributed by atoms with Gasteiger partial charge in [-0.15, -0.1) is 0 Å². The van der Waals surface area contributed by atoms with Crippen molar-refractivity contribution in [3.05, 3.63) is 57.9 Å². The minimum absolute atomic E-state index is 0.131. The molecule has 0 aliphatic carbocycles. The largest absolute Gasteiger partial charge is 0.379 e. The van der Waals surface area contributed by atoms with E-state index in [0.717, 1.165) is 23.3 Å². The van der Waals surface area contributed by atoms with E-state index >= 15 is 0 Å². The van der Waals surface area contributed by atoms with E-state index in [4.69, 9.17) is 16.3 Å². The lowest BCUT2D eigenvalue weighted by Crippen LogP contribution is -2.40. The van der Waals surface area contributed by atoms with Crippen molar-refractivity contribution < 1.29 is 22.3 Å². The Kier molecular flexibility index (Phi) is 7.13. The average molecular weight is 455 g/mol. The third-order valence-electron chi connectivity index (χ3n) is 5.11. The topological polar surface area (TPSA) is 75.7 Å². The number of rotatable bonds is 6. The number of nitrogens with one attached hydrogen (secondary N) is 1. The van der Waals surface area contributed by atoms with E-state index in [2.05, 4.69) is 5.32 Å². The zero-order valence-electron chi connectivity index (χ0n) is 16.9. The molecule has 162 valence electrons. The van der Waals surface area contributed by atoms with Crippen molar-refractivity contribution >= 4 is 33.2 Å². The molecule has 6 nitrogen and oxygen atoms in total. The fraction of sp³-hybridized carbons (Fsp3) is 0.381. The van der Waals surface area contributed by atoms with Gasteiger partial charge >= 0.3 is 0 Å². The van der Waals surface area contributed by atoms with Gasteiger partial charge in [-0.05, 0) is 48.2 Å². The Morgan fingerprint density at radius 3 is 2.50 bits per heavy atom. The fourth-order valence-corrected chi connectivity index (χ4v) is 5.15.